The molecule has 0 saturated carbocycles. The van der Waals surface area contributed by atoms with Crippen LogP contribution < -0.4 is 0 Å². The molecule has 3 heteroatoms. The van der Waals surface area contributed by atoms with Crippen LogP contribution in [-0.2, 0) is 9.47 Å². The summed E-state index contributed by atoms with van der Waals surface area (Å²) in [5.41, 5.74) is 0. The lowest BCUT2D eigenvalue weighted by molar-refractivity contribution is 0.0529. The van der Waals surface area contributed by atoms with Gasteiger partial charge in [0, 0.05) is 0 Å². The van der Waals surface area contributed by atoms with Crippen molar-refractivity contribution in [1.82, 2.24) is 0 Å². The number of allylic oxidation sites excluding steroid dienone is 2. The minimum atomic E-state index is -0.471. The van der Waals surface area contributed by atoms with Gasteiger partial charge in [-0.15, -0.1) is 0 Å². The average molecular weight is 677 g/mol. The first-order valence-corrected chi connectivity index (χ1v) is 22.3. The van der Waals surface area contributed by atoms with Gasteiger partial charge in [-0.3, -0.25) is 0 Å². The van der Waals surface area contributed by atoms with E-state index in [0.717, 1.165) is 25.7 Å². The molecular formula is C45H88O3. The smallest absolute Gasteiger partial charge is 0.434 e. The van der Waals surface area contributed by atoms with Gasteiger partial charge in [0.15, 0.2) is 0 Å². The molecule has 0 saturated heterocycles. The molecule has 286 valence electrons. The molecule has 0 unspecified atom stereocenters. The zero-order valence-corrected chi connectivity index (χ0v) is 33.2. The van der Waals surface area contributed by atoms with Crippen molar-refractivity contribution in [2.75, 3.05) is 13.2 Å². The van der Waals surface area contributed by atoms with Gasteiger partial charge in [-0.1, -0.05) is 231 Å². The first-order chi connectivity index (χ1) is 23.8. The maximum atomic E-state index is 11.8. The third-order valence-electron chi connectivity index (χ3n) is 10.1. The standard InChI is InChI=1S/C45H88O3/c1-3-5-7-9-11-13-15-17-19-21-23-25-27-29-31-33-35-37-39-41-43-47-45(46)48-44-42-40-38-36-34-32-30-28-26-24-22-20-18-16-14-12-10-8-6-4-2/h17,19H,3-16,18,20-44H2,1-2H3/b19-17-. The second kappa shape index (κ2) is 44.0. The number of unbranched alkanes of at least 4 members (excludes halogenated alkanes) is 35. The Morgan fingerprint density at radius 3 is 0.771 bits per heavy atom. The number of hydrogen-bond acceptors (Lipinski definition) is 3. The van der Waals surface area contributed by atoms with Crippen molar-refractivity contribution in [2.24, 2.45) is 0 Å². The summed E-state index contributed by atoms with van der Waals surface area (Å²) in [7, 11) is 0. The molecule has 0 aromatic carbocycles. The summed E-state index contributed by atoms with van der Waals surface area (Å²) in [6.45, 7) is 5.59. The molecule has 0 rings (SSSR count). The Balaban J connectivity index is 3.17. The first-order valence-electron chi connectivity index (χ1n) is 22.3. The minimum Gasteiger partial charge on any atom is -0.434 e. The van der Waals surface area contributed by atoms with Gasteiger partial charge in [-0.2, -0.15) is 0 Å². The van der Waals surface area contributed by atoms with Crippen molar-refractivity contribution in [2.45, 2.75) is 258 Å². The number of carbonyl (C=O) groups is 1. The van der Waals surface area contributed by atoms with Crippen LogP contribution in [0.15, 0.2) is 12.2 Å². The van der Waals surface area contributed by atoms with Gasteiger partial charge in [0.05, 0.1) is 13.2 Å². The van der Waals surface area contributed by atoms with E-state index in [9.17, 15) is 4.79 Å². The Morgan fingerprint density at radius 1 is 0.312 bits per heavy atom. The summed E-state index contributed by atoms with van der Waals surface area (Å²) in [5.74, 6) is 0. The van der Waals surface area contributed by atoms with E-state index >= 15 is 0 Å². The molecular weight excluding hydrogens is 588 g/mol. The van der Waals surface area contributed by atoms with Crippen LogP contribution in [0.1, 0.15) is 258 Å². The summed E-state index contributed by atoms with van der Waals surface area (Å²) in [5, 5.41) is 0. The van der Waals surface area contributed by atoms with Crippen molar-refractivity contribution in [3.63, 3.8) is 0 Å². The molecule has 0 aliphatic carbocycles. The number of hydrogen-bond donors (Lipinski definition) is 0. The van der Waals surface area contributed by atoms with Crippen LogP contribution in [0.5, 0.6) is 0 Å². The highest BCUT2D eigenvalue weighted by molar-refractivity contribution is 5.59. The van der Waals surface area contributed by atoms with Gasteiger partial charge in [0.2, 0.25) is 0 Å². The molecule has 0 aromatic heterocycles. The van der Waals surface area contributed by atoms with Crippen LogP contribution in [0.4, 0.5) is 4.79 Å². The third kappa shape index (κ3) is 43.0. The minimum absolute atomic E-state index is 0.471. The highest BCUT2D eigenvalue weighted by Gasteiger charge is 2.03. The molecule has 0 aromatic rings. The van der Waals surface area contributed by atoms with Crippen LogP contribution in [-0.4, -0.2) is 19.4 Å². The molecule has 3 nitrogen and oxygen atoms in total. The van der Waals surface area contributed by atoms with Crippen molar-refractivity contribution >= 4 is 6.16 Å². The predicted octanol–water partition coefficient (Wildman–Crippen LogP) is 16.6. The normalized spacial score (nSPS) is 11.5. The fraction of sp³-hybridized carbons (Fsp3) is 0.933. The maximum Gasteiger partial charge on any atom is 0.508 e. The van der Waals surface area contributed by atoms with Gasteiger partial charge >= 0.3 is 6.16 Å². The average Bonchev–Trinajstić information content (AvgIpc) is 3.09. The fourth-order valence-electron chi connectivity index (χ4n) is 6.77. The van der Waals surface area contributed by atoms with Crippen LogP contribution in [0.3, 0.4) is 0 Å². The molecule has 0 atom stereocenters. The monoisotopic (exact) mass is 677 g/mol. The van der Waals surface area contributed by atoms with E-state index in [1.165, 1.54) is 218 Å². The Morgan fingerprint density at radius 2 is 0.521 bits per heavy atom. The second-order valence-corrected chi connectivity index (χ2v) is 15.0. The Kier molecular flexibility index (Phi) is 43.1. The molecule has 48 heavy (non-hydrogen) atoms. The van der Waals surface area contributed by atoms with Gasteiger partial charge in [-0.25, -0.2) is 4.79 Å². The fourth-order valence-corrected chi connectivity index (χ4v) is 6.77. The number of ether oxygens (including phenoxy) is 2. The van der Waals surface area contributed by atoms with Crippen LogP contribution in [0, 0.1) is 0 Å². The van der Waals surface area contributed by atoms with E-state index in [2.05, 4.69) is 26.0 Å². The van der Waals surface area contributed by atoms with E-state index in [1.807, 2.05) is 0 Å². The summed E-state index contributed by atoms with van der Waals surface area (Å²) >= 11 is 0. The molecule has 0 bridgehead atoms. The lowest BCUT2D eigenvalue weighted by atomic mass is 10.0. The lowest BCUT2D eigenvalue weighted by Crippen LogP contribution is -2.09. The molecule has 0 amide bonds. The quantitative estimate of drug-likeness (QED) is 0.0367. The predicted molar refractivity (Wildman–Crippen MR) is 213 cm³/mol. The maximum absolute atomic E-state index is 11.8. The number of rotatable bonds is 41. The topological polar surface area (TPSA) is 35.5 Å². The third-order valence-corrected chi connectivity index (χ3v) is 10.1. The van der Waals surface area contributed by atoms with E-state index in [-0.39, 0.29) is 0 Å². The van der Waals surface area contributed by atoms with Crippen molar-refractivity contribution < 1.29 is 14.3 Å². The largest absolute Gasteiger partial charge is 0.508 e. The summed E-state index contributed by atoms with van der Waals surface area (Å²) < 4.78 is 10.5. The second-order valence-electron chi connectivity index (χ2n) is 15.0. The van der Waals surface area contributed by atoms with Crippen LogP contribution in [0.2, 0.25) is 0 Å². The number of carbonyl (C=O) groups excluding carboxylic acids is 1. The molecule has 0 radical (unpaired) electrons. The zero-order chi connectivity index (χ0) is 34.7. The highest BCUT2D eigenvalue weighted by Crippen LogP contribution is 2.16. The molecule has 0 fully saturated rings. The van der Waals surface area contributed by atoms with Gasteiger partial charge in [-0.05, 0) is 38.5 Å². The molecule has 0 aliphatic heterocycles. The van der Waals surface area contributed by atoms with E-state index in [4.69, 9.17) is 9.47 Å². The Labute approximate surface area is 302 Å². The zero-order valence-electron chi connectivity index (χ0n) is 33.2. The van der Waals surface area contributed by atoms with Crippen LogP contribution >= 0.6 is 0 Å². The van der Waals surface area contributed by atoms with E-state index < -0.39 is 6.16 Å². The summed E-state index contributed by atoms with van der Waals surface area (Å²) in [6.07, 6.45) is 55.8. The molecule has 0 N–H and O–H groups in total. The first kappa shape index (κ1) is 47.0. The van der Waals surface area contributed by atoms with Crippen LogP contribution in [0.25, 0.3) is 0 Å². The van der Waals surface area contributed by atoms with E-state index in [0.29, 0.717) is 13.2 Å². The van der Waals surface area contributed by atoms with Crippen molar-refractivity contribution in [3.8, 4) is 0 Å². The Bertz CT molecular complexity index is 615. The SMILES string of the molecule is CCCCCCCC/C=C\CCCCCCCCCCCCOC(=O)OCCCCCCCCCCCCCCCCCCCCCC. The van der Waals surface area contributed by atoms with Gasteiger partial charge in [0.25, 0.3) is 0 Å². The Hall–Kier alpha value is -0.990. The highest BCUT2D eigenvalue weighted by atomic mass is 16.7. The van der Waals surface area contributed by atoms with E-state index in [1.54, 1.807) is 0 Å². The van der Waals surface area contributed by atoms with Crippen molar-refractivity contribution in [3.05, 3.63) is 12.2 Å². The molecule has 0 aliphatic rings. The lowest BCUT2D eigenvalue weighted by Gasteiger charge is -2.07. The van der Waals surface area contributed by atoms with Crippen molar-refractivity contribution in [1.29, 1.82) is 0 Å². The molecule has 0 heterocycles. The summed E-state index contributed by atoms with van der Waals surface area (Å²) in [6, 6.07) is 0. The van der Waals surface area contributed by atoms with Gasteiger partial charge in [0.1, 0.15) is 0 Å². The van der Waals surface area contributed by atoms with Gasteiger partial charge < -0.3 is 9.47 Å². The molecule has 0 spiro atoms. The summed E-state index contributed by atoms with van der Waals surface area (Å²) in [4.78, 5) is 11.8.